The Balaban J connectivity index is 2.27. The Hall–Kier alpha value is -0.340. The van der Waals surface area contributed by atoms with Crippen LogP contribution in [-0.4, -0.2) is 25.4 Å². The molecule has 0 atom stereocenters. The van der Waals surface area contributed by atoms with Gasteiger partial charge in [-0.05, 0) is 6.42 Å². The van der Waals surface area contributed by atoms with Crippen LogP contribution < -0.4 is 0 Å². The number of rotatable bonds is 5. The van der Waals surface area contributed by atoms with Crippen molar-refractivity contribution in [3.8, 4) is 0 Å². The van der Waals surface area contributed by atoms with Crippen molar-refractivity contribution < 1.29 is 9.47 Å². The monoisotopic (exact) mass is 156 g/mol. The van der Waals surface area contributed by atoms with Crippen LogP contribution in [0.2, 0.25) is 0 Å². The van der Waals surface area contributed by atoms with E-state index < -0.39 is 0 Å². The highest BCUT2D eigenvalue weighted by Crippen LogP contribution is 2.26. The Morgan fingerprint density at radius 2 is 2.36 bits per heavy atom. The average molecular weight is 156 g/mol. The highest BCUT2D eigenvalue weighted by atomic mass is 16.6. The molecule has 0 aliphatic carbocycles. The summed E-state index contributed by atoms with van der Waals surface area (Å²) in [4.78, 5) is 0. The Morgan fingerprint density at radius 3 is 2.73 bits per heavy atom. The summed E-state index contributed by atoms with van der Waals surface area (Å²) in [6.45, 7) is 7.94. The molecule has 2 heteroatoms. The lowest BCUT2D eigenvalue weighted by atomic mass is 9.96. The highest BCUT2D eigenvalue weighted by Gasteiger charge is 2.38. The molecule has 0 radical (unpaired) electrons. The van der Waals surface area contributed by atoms with Gasteiger partial charge in [-0.1, -0.05) is 19.4 Å². The van der Waals surface area contributed by atoms with Crippen LogP contribution in [0.5, 0.6) is 0 Å². The van der Waals surface area contributed by atoms with E-state index in [1.54, 1.807) is 6.08 Å². The molecule has 1 fully saturated rings. The summed E-state index contributed by atoms with van der Waals surface area (Å²) in [7, 11) is 0. The average Bonchev–Trinajstić information content (AvgIpc) is 1.95. The van der Waals surface area contributed by atoms with E-state index in [1.807, 2.05) is 0 Å². The molecule has 1 aliphatic heterocycles. The van der Waals surface area contributed by atoms with Crippen LogP contribution in [0.15, 0.2) is 12.7 Å². The van der Waals surface area contributed by atoms with Crippen LogP contribution in [0.3, 0.4) is 0 Å². The fourth-order valence-corrected chi connectivity index (χ4v) is 1.32. The maximum atomic E-state index is 5.61. The lowest BCUT2D eigenvalue weighted by Crippen LogP contribution is -2.51. The molecule has 0 saturated carbocycles. The van der Waals surface area contributed by atoms with Crippen LogP contribution in [0.1, 0.15) is 19.8 Å². The van der Waals surface area contributed by atoms with Gasteiger partial charge in [0.05, 0.1) is 19.8 Å². The van der Waals surface area contributed by atoms with E-state index in [9.17, 15) is 0 Å². The Kier molecular flexibility index (Phi) is 3.09. The highest BCUT2D eigenvalue weighted by molar-refractivity contribution is 4.88. The summed E-state index contributed by atoms with van der Waals surface area (Å²) < 4.78 is 10.7. The maximum Gasteiger partial charge on any atom is 0.115 e. The maximum absolute atomic E-state index is 5.61. The third kappa shape index (κ3) is 2.04. The molecule has 64 valence electrons. The second-order valence-electron chi connectivity index (χ2n) is 3.03. The first kappa shape index (κ1) is 8.75. The summed E-state index contributed by atoms with van der Waals surface area (Å²) in [6, 6.07) is 0. The van der Waals surface area contributed by atoms with Gasteiger partial charge in [-0.3, -0.25) is 0 Å². The van der Waals surface area contributed by atoms with E-state index >= 15 is 0 Å². The first-order valence-corrected chi connectivity index (χ1v) is 4.15. The van der Waals surface area contributed by atoms with Crippen molar-refractivity contribution >= 4 is 0 Å². The summed E-state index contributed by atoms with van der Waals surface area (Å²) in [6.07, 6.45) is 4.04. The first-order chi connectivity index (χ1) is 5.33. The van der Waals surface area contributed by atoms with Crippen LogP contribution >= 0.6 is 0 Å². The molecule has 0 bridgehead atoms. The zero-order valence-corrected chi connectivity index (χ0v) is 7.14. The van der Waals surface area contributed by atoms with Gasteiger partial charge in [-0.2, -0.15) is 0 Å². The molecule has 2 nitrogen and oxygen atoms in total. The largest absolute Gasteiger partial charge is 0.375 e. The van der Waals surface area contributed by atoms with Crippen molar-refractivity contribution in [2.75, 3.05) is 19.8 Å². The minimum atomic E-state index is 0.0307. The van der Waals surface area contributed by atoms with Gasteiger partial charge in [0, 0.05) is 0 Å². The molecule has 1 rings (SSSR count). The van der Waals surface area contributed by atoms with Crippen LogP contribution in [-0.2, 0) is 9.47 Å². The summed E-state index contributed by atoms with van der Waals surface area (Å²) in [5.74, 6) is 0. The molecule has 0 spiro atoms. The van der Waals surface area contributed by atoms with Crippen molar-refractivity contribution in [2.45, 2.75) is 25.4 Å². The van der Waals surface area contributed by atoms with Crippen LogP contribution in [0.25, 0.3) is 0 Å². The molecule has 1 aliphatic rings. The van der Waals surface area contributed by atoms with Gasteiger partial charge >= 0.3 is 0 Å². The predicted octanol–water partition coefficient (Wildman–Crippen LogP) is 1.76. The molecule has 1 saturated heterocycles. The summed E-state index contributed by atoms with van der Waals surface area (Å²) in [5.41, 5.74) is 0.0307. The molecule has 0 aromatic heterocycles. The Labute approximate surface area is 68.2 Å². The lowest BCUT2D eigenvalue weighted by molar-refractivity contribution is -0.207. The normalized spacial score (nSPS) is 20.8. The van der Waals surface area contributed by atoms with Crippen molar-refractivity contribution in [2.24, 2.45) is 0 Å². The molecule has 11 heavy (non-hydrogen) atoms. The van der Waals surface area contributed by atoms with Gasteiger partial charge in [0.2, 0.25) is 0 Å². The zero-order valence-electron chi connectivity index (χ0n) is 7.14. The van der Waals surface area contributed by atoms with Crippen molar-refractivity contribution in [3.05, 3.63) is 12.7 Å². The molecule has 0 aromatic rings. The van der Waals surface area contributed by atoms with Gasteiger partial charge < -0.3 is 9.47 Å². The Bertz CT molecular complexity index is 128. The molecule has 0 N–H and O–H groups in total. The predicted molar refractivity (Wildman–Crippen MR) is 44.6 cm³/mol. The van der Waals surface area contributed by atoms with Gasteiger partial charge in [0.15, 0.2) is 0 Å². The van der Waals surface area contributed by atoms with E-state index in [1.165, 1.54) is 0 Å². The van der Waals surface area contributed by atoms with Crippen molar-refractivity contribution in [1.29, 1.82) is 0 Å². The van der Waals surface area contributed by atoms with E-state index in [0.717, 1.165) is 26.1 Å². The van der Waals surface area contributed by atoms with Crippen molar-refractivity contribution in [3.63, 3.8) is 0 Å². The minimum absolute atomic E-state index is 0.0307. The fraction of sp³-hybridized carbons (Fsp3) is 0.778. The van der Waals surface area contributed by atoms with Gasteiger partial charge in [-0.25, -0.2) is 0 Å². The summed E-state index contributed by atoms with van der Waals surface area (Å²) >= 11 is 0. The second-order valence-corrected chi connectivity index (χ2v) is 3.03. The zero-order chi connectivity index (χ0) is 8.16. The standard InChI is InChI=1S/C9H16O2/c1-3-5-9(7-10-8-9)11-6-4-2/h4H,2-3,5-8H2,1H3. The van der Waals surface area contributed by atoms with Gasteiger partial charge in [0.25, 0.3) is 0 Å². The smallest absolute Gasteiger partial charge is 0.115 e. The van der Waals surface area contributed by atoms with Crippen LogP contribution in [0.4, 0.5) is 0 Å². The lowest BCUT2D eigenvalue weighted by Gasteiger charge is -2.40. The molecular formula is C9H16O2. The van der Waals surface area contributed by atoms with E-state index in [4.69, 9.17) is 9.47 Å². The van der Waals surface area contributed by atoms with Gasteiger partial charge in [0.1, 0.15) is 5.60 Å². The topological polar surface area (TPSA) is 18.5 Å². The third-order valence-corrected chi connectivity index (χ3v) is 1.94. The van der Waals surface area contributed by atoms with E-state index in [2.05, 4.69) is 13.5 Å². The minimum Gasteiger partial charge on any atom is -0.375 e. The molecule has 0 aromatic carbocycles. The quantitative estimate of drug-likeness (QED) is 0.565. The van der Waals surface area contributed by atoms with E-state index in [-0.39, 0.29) is 5.60 Å². The molecule has 0 amide bonds. The van der Waals surface area contributed by atoms with Crippen molar-refractivity contribution in [1.82, 2.24) is 0 Å². The molecule has 1 heterocycles. The first-order valence-electron chi connectivity index (χ1n) is 4.15. The fourth-order valence-electron chi connectivity index (χ4n) is 1.32. The molecular weight excluding hydrogens is 140 g/mol. The van der Waals surface area contributed by atoms with E-state index in [0.29, 0.717) is 6.61 Å². The summed E-state index contributed by atoms with van der Waals surface area (Å²) in [5, 5.41) is 0. The second kappa shape index (κ2) is 3.88. The number of hydrogen-bond donors (Lipinski definition) is 0. The Morgan fingerprint density at radius 1 is 1.64 bits per heavy atom. The molecule has 0 unspecified atom stereocenters. The third-order valence-electron chi connectivity index (χ3n) is 1.94. The number of ether oxygens (including phenoxy) is 2. The number of hydrogen-bond acceptors (Lipinski definition) is 2. The SMILES string of the molecule is C=CCOC1(CCC)COC1. The van der Waals surface area contributed by atoms with Crippen LogP contribution in [0, 0.1) is 0 Å². The van der Waals surface area contributed by atoms with Gasteiger partial charge in [-0.15, -0.1) is 6.58 Å².